The van der Waals surface area contributed by atoms with E-state index in [1.54, 1.807) is 0 Å². The second-order valence-corrected chi connectivity index (χ2v) is 7.53. The summed E-state index contributed by atoms with van der Waals surface area (Å²) in [4.78, 5) is 12.3. The number of hydrogen-bond acceptors (Lipinski definition) is 2. The molecule has 0 aliphatic heterocycles. The summed E-state index contributed by atoms with van der Waals surface area (Å²) in [5.74, 6) is 0.451. The van der Waals surface area contributed by atoms with Crippen molar-refractivity contribution in [3.63, 3.8) is 0 Å². The van der Waals surface area contributed by atoms with Crippen LogP contribution in [0.4, 0.5) is 0 Å². The molecule has 180 valence electrons. The van der Waals surface area contributed by atoms with Crippen LogP contribution >= 0.6 is 0 Å². The van der Waals surface area contributed by atoms with Gasteiger partial charge in [0.2, 0.25) is 0 Å². The molecule has 2 unspecified atom stereocenters. The highest BCUT2D eigenvalue weighted by atomic mass is 16.1. The summed E-state index contributed by atoms with van der Waals surface area (Å²) in [7, 11) is 1.97. The van der Waals surface area contributed by atoms with Crippen molar-refractivity contribution in [2.24, 2.45) is 5.92 Å². The number of Topliss-reactive ketones (excluding diaryl/α,β-unsaturated/α-hetero) is 1. The summed E-state index contributed by atoms with van der Waals surface area (Å²) in [6.45, 7) is 18.7. The number of rotatable bonds is 10. The fourth-order valence-corrected chi connectivity index (χ4v) is 3.92. The van der Waals surface area contributed by atoms with Crippen LogP contribution < -0.4 is 5.32 Å². The van der Waals surface area contributed by atoms with Gasteiger partial charge in [0, 0.05) is 18.9 Å². The van der Waals surface area contributed by atoms with Crippen LogP contribution in [-0.2, 0) is 4.79 Å². The van der Waals surface area contributed by atoms with Crippen molar-refractivity contribution in [2.45, 2.75) is 67.3 Å². The van der Waals surface area contributed by atoms with Gasteiger partial charge in [-0.3, -0.25) is 4.79 Å². The zero-order valence-electron chi connectivity index (χ0n) is 22.1. The zero-order chi connectivity index (χ0) is 25.2. The first-order valence-electron chi connectivity index (χ1n) is 12.3. The molecule has 0 spiro atoms. The number of allylic oxidation sites excluding steroid dienone is 4. The molecule has 0 radical (unpaired) electrons. The molecule has 0 aliphatic rings. The van der Waals surface area contributed by atoms with E-state index in [0.717, 1.165) is 22.3 Å². The quantitative estimate of drug-likeness (QED) is 0.293. The van der Waals surface area contributed by atoms with Crippen LogP contribution in [0.2, 0.25) is 0 Å². The standard InChI is InChI=1S/C27H33NO.2C2H6/c1-6-7-18-25(29)19-20(2)27(28-5)22(4)26(24-16-12-9-13-17-24)21(3)23-14-10-8-11-15-23;2*1-2/h6-17,20,27-28H,3,18-19H2,1-2,4-5H3;2*1-2H3/b7-6+,26-22+;;. The van der Waals surface area contributed by atoms with Gasteiger partial charge in [-0.15, -0.1) is 0 Å². The van der Waals surface area contributed by atoms with E-state index in [4.69, 9.17) is 0 Å². The molecule has 0 bridgehead atoms. The van der Waals surface area contributed by atoms with Crippen molar-refractivity contribution >= 4 is 16.9 Å². The van der Waals surface area contributed by atoms with Crippen LogP contribution in [0.25, 0.3) is 11.1 Å². The molecular formula is C31H45NO. The van der Waals surface area contributed by atoms with E-state index in [0.29, 0.717) is 12.8 Å². The monoisotopic (exact) mass is 447 g/mol. The van der Waals surface area contributed by atoms with Crippen LogP contribution in [0.5, 0.6) is 0 Å². The minimum atomic E-state index is 0.0835. The average molecular weight is 448 g/mol. The molecule has 0 heterocycles. The predicted molar refractivity (Wildman–Crippen MR) is 148 cm³/mol. The number of ketones is 1. The van der Waals surface area contributed by atoms with Gasteiger partial charge in [-0.1, -0.05) is 114 Å². The summed E-state index contributed by atoms with van der Waals surface area (Å²) >= 11 is 0. The third kappa shape index (κ3) is 9.75. The third-order valence-electron chi connectivity index (χ3n) is 5.36. The Labute approximate surface area is 203 Å². The molecule has 1 N–H and O–H groups in total. The van der Waals surface area contributed by atoms with Gasteiger partial charge in [0.05, 0.1) is 0 Å². The maximum absolute atomic E-state index is 12.3. The van der Waals surface area contributed by atoms with Crippen LogP contribution in [0, 0.1) is 5.92 Å². The van der Waals surface area contributed by atoms with E-state index < -0.39 is 0 Å². The van der Waals surface area contributed by atoms with Gasteiger partial charge < -0.3 is 5.32 Å². The van der Waals surface area contributed by atoms with E-state index in [9.17, 15) is 4.79 Å². The fourth-order valence-electron chi connectivity index (χ4n) is 3.92. The Bertz CT molecular complexity index is 862. The second kappa shape index (κ2) is 17.8. The Morgan fingerprint density at radius 1 is 0.939 bits per heavy atom. The van der Waals surface area contributed by atoms with Crippen molar-refractivity contribution in [3.8, 4) is 0 Å². The summed E-state index contributed by atoms with van der Waals surface area (Å²) in [5.41, 5.74) is 5.61. The molecule has 0 aromatic heterocycles. The molecule has 0 amide bonds. The highest BCUT2D eigenvalue weighted by molar-refractivity contribution is 6.05. The van der Waals surface area contributed by atoms with E-state index in [1.807, 2.05) is 78.1 Å². The maximum Gasteiger partial charge on any atom is 0.136 e. The lowest BCUT2D eigenvalue weighted by Gasteiger charge is -2.28. The number of carbonyl (C=O) groups excluding carboxylic acids is 1. The minimum Gasteiger partial charge on any atom is -0.313 e. The Balaban J connectivity index is 0.00000242. The van der Waals surface area contributed by atoms with E-state index in [1.165, 1.54) is 5.57 Å². The van der Waals surface area contributed by atoms with Crippen molar-refractivity contribution in [2.75, 3.05) is 7.05 Å². The molecular weight excluding hydrogens is 402 g/mol. The normalized spacial score (nSPS) is 13.0. The Morgan fingerprint density at radius 2 is 1.42 bits per heavy atom. The fraction of sp³-hybridized carbons (Fsp3) is 0.387. The Hall–Kier alpha value is -2.71. The minimum absolute atomic E-state index is 0.0835. The number of carbonyl (C=O) groups is 1. The van der Waals surface area contributed by atoms with Crippen molar-refractivity contribution in [1.82, 2.24) is 5.32 Å². The highest BCUT2D eigenvalue weighted by Gasteiger charge is 2.23. The van der Waals surface area contributed by atoms with Crippen LogP contribution in [0.1, 0.15) is 72.4 Å². The molecule has 2 aromatic carbocycles. The number of hydrogen-bond donors (Lipinski definition) is 1. The molecule has 0 fully saturated rings. The highest BCUT2D eigenvalue weighted by Crippen LogP contribution is 2.35. The van der Waals surface area contributed by atoms with E-state index in [2.05, 4.69) is 62.1 Å². The van der Waals surface area contributed by atoms with Gasteiger partial charge in [0.15, 0.2) is 0 Å². The summed E-state index contributed by atoms with van der Waals surface area (Å²) in [5, 5.41) is 3.45. The number of benzene rings is 2. The van der Waals surface area contributed by atoms with Crippen LogP contribution in [-0.4, -0.2) is 18.9 Å². The van der Waals surface area contributed by atoms with Gasteiger partial charge >= 0.3 is 0 Å². The smallest absolute Gasteiger partial charge is 0.136 e. The largest absolute Gasteiger partial charge is 0.313 e. The lowest BCUT2D eigenvalue weighted by molar-refractivity contribution is -0.119. The molecule has 0 saturated carbocycles. The number of nitrogens with one attached hydrogen (secondary N) is 1. The molecule has 2 heteroatoms. The summed E-state index contributed by atoms with van der Waals surface area (Å²) < 4.78 is 0. The molecule has 2 rings (SSSR count). The first-order chi connectivity index (χ1) is 16.0. The van der Waals surface area contributed by atoms with Crippen LogP contribution in [0.3, 0.4) is 0 Å². The zero-order valence-corrected chi connectivity index (χ0v) is 22.1. The average Bonchev–Trinajstić information content (AvgIpc) is 2.87. The first-order valence-corrected chi connectivity index (χ1v) is 12.3. The maximum atomic E-state index is 12.3. The van der Waals surface area contributed by atoms with Gasteiger partial charge in [-0.2, -0.15) is 0 Å². The Morgan fingerprint density at radius 3 is 1.88 bits per heavy atom. The van der Waals surface area contributed by atoms with Crippen LogP contribution in [0.15, 0.2) is 85.0 Å². The molecule has 33 heavy (non-hydrogen) atoms. The second-order valence-electron chi connectivity index (χ2n) is 7.53. The number of likely N-dealkylation sites (N-methyl/N-ethyl adjacent to an activating group) is 1. The molecule has 2 nitrogen and oxygen atoms in total. The molecule has 0 aliphatic carbocycles. The van der Waals surface area contributed by atoms with Crippen molar-refractivity contribution in [1.29, 1.82) is 0 Å². The van der Waals surface area contributed by atoms with Crippen molar-refractivity contribution in [3.05, 3.63) is 96.1 Å². The lowest BCUT2D eigenvalue weighted by Crippen LogP contribution is -2.35. The Kier molecular flexibility index (Phi) is 16.3. The van der Waals surface area contributed by atoms with Gasteiger partial charge in [0.25, 0.3) is 0 Å². The van der Waals surface area contributed by atoms with E-state index >= 15 is 0 Å². The molecule has 2 atom stereocenters. The summed E-state index contributed by atoms with van der Waals surface area (Å²) in [6.07, 6.45) is 4.91. The predicted octanol–water partition coefficient (Wildman–Crippen LogP) is 8.38. The first kappa shape index (κ1) is 30.3. The van der Waals surface area contributed by atoms with Gasteiger partial charge in [-0.05, 0) is 54.7 Å². The van der Waals surface area contributed by atoms with Crippen molar-refractivity contribution < 1.29 is 4.79 Å². The van der Waals surface area contributed by atoms with E-state index in [-0.39, 0.29) is 17.7 Å². The topological polar surface area (TPSA) is 29.1 Å². The molecule has 2 aromatic rings. The van der Waals surface area contributed by atoms with Gasteiger partial charge in [0.1, 0.15) is 5.78 Å². The van der Waals surface area contributed by atoms with Gasteiger partial charge in [-0.25, -0.2) is 0 Å². The molecule has 0 saturated heterocycles. The lowest BCUT2D eigenvalue weighted by atomic mass is 9.82. The SMILES string of the molecule is C=C(/C(=C(/C)C(NC)C(C)CC(=O)C/C=C/C)c1ccccc1)c1ccccc1.CC.CC. The third-order valence-corrected chi connectivity index (χ3v) is 5.36. The summed E-state index contributed by atoms with van der Waals surface area (Å²) in [6, 6.07) is 20.8.